The van der Waals surface area contributed by atoms with Crippen LogP contribution < -0.4 is 14.4 Å². The van der Waals surface area contributed by atoms with Crippen molar-refractivity contribution in [2.24, 2.45) is 0 Å². The van der Waals surface area contributed by atoms with Crippen molar-refractivity contribution in [2.45, 2.75) is 26.4 Å². The van der Waals surface area contributed by atoms with E-state index in [1.54, 1.807) is 31.2 Å². The number of sulfonamides is 1. The Balaban J connectivity index is 2.22. The molecule has 6 nitrogen and oxygen atoms in total. The van der Waals surface area contributed by atoms with Crippen molar-refractivity contribution in [1.82, 2.24) is 5.32 Å². The van der Waals surface area contributed by atoms with Gasteiger partial charge in [-0.05, 0) is 37.1 Å². The summed E-state index contributed by atoms with van der Waals surface area (Å²) in [4.78, 5) is 12.6. The Bertz CT molecular complexity index is 881. The Labute approximate surface area is 154 Å². The first-order valence-electron chi connectivity index (χ1n) is 8.19. The highest BCUT2D eigenvalue weighted by molar-refractivity contribution is 7.92. The smallest absolute Gasteiger partial charge is 0.243 e. The predicted molar refractivity (Wildman–Crippen MR) is 103 cm³/mol. The van der Waals surface area contributed by atoms with Crippen molar-refractivity contribution in [2.75, 3.05) is 17.7 Å². The Morgan fingerprint density at radius 3 is 2.50 bits per heavy atom. The molecular formula is C19H24N2O4S. The number of anilines is 1. The summed E-state index contributed by atoms with van der Waals surface area (Å²) in [5.41, 5.74) is 2.43. The number of ether oxygens (including phenoxy) is 1. The zero-order valence-corrected chi connectivity index (χ0v) is 16.2. The molecule has 1 atom stereocenters. The average molecular weight is 376 g/mol. The first-order valence-corrected chi connectivity index (χ1v) is 10.0. The van der Waals surface area contributed by atoms with E-state index in [4.69, 9.17) is 4.74 Å². The highest BCUT2D eigenvalue weighted by Crippen LogP contribution is 2.25. The zero-order chi connectivity index (χ0) is 19.3. The highest BCUT2D eigenvalue weighted by atomic mass is 32.2. The van der Waals surface area contributed by atoms with Gasteiger partial charge < -0.3 is 10.1 Å². The number of amides is 1. The second-order valence-corrected chi connectivity index (χ2v) is 7.94. The Morgan fingerprint density at radius 1 is 1.19 bits per heavy atom. The number of benzene rings is 2. The lowest BCUT2D eigenvalue weighted by molar-refractivity contribution is -0.122. The van der Waals surface area contributed by atoms with Gasteiger partial charge in [-0.15, -0.1) is 0 Å². The summed E-state index contributed by atoms with van der Waals surface area (Å²) in [7, 11) is -2.16. The van der Waals surface area contributed by atoms with Crippen LogP contribution in [0.1, 0.15) is 18.1 Å². The van der Waals surface area contributed by atoms with Gasteiger partial charge in [-0.25, -0.2) is 8.42 Å². The maximum atomic E-state index is 12.6. The van der Waals surface area contributed by atoms with Gasteiger partial charge in [0.05, 0.1) is 19.1 Å². The minimum Gasteiger partial charge on any atom is -0.497 e. The molecular weight excluding hydrogens is 352 g/mol. The van der Waals surface area contributed by atoms with Crippen LogP contribution in [-0.4, -0.2) is 33.7 Å². The van der Waals surface area contributed by atoms with Gasteiger partial charge in [0.15, 0.2) is 0 Å². The highest BCUT2D eigenvalue weighted by Gasteiger charge is 2.29. The number of hydrogen-bond acceptors (Lipinski definition) is 4. The normalized spacial score (nSPS) is 12.3. The SMILES string of the molecule is COc1cccc(N([C@H](C)C(=O)NCc2ccccc2C)S(C)(=O)=O)c1. The van der Waals surface area contributed by atoms with E-state index in [1.807, 2.05) is 31.2 Å². The fourth-order valence-electron chi connectivity index (χ4n) is 2.69. The topological polar surface area (TPSA) is 75.7 Å². The monoisotopic (exact) mass is 376 g/mol. The Morgan fingerprint density at radius 2 is 1.88 bits per heavy atom. The molecule has 0 unspecified atom stereocenters. The van der Waals surface area contributed by atoms with Gasteiger partial charge in [0, 0.05) is 12.6 Å². The van der Waals surface area contributed by atoms with Gasteiger partial charge in [-0.1, -0.05) is 30.3 Å². The molecule has 2 aromatic carbocycles. The molecule has 7 heteroatoms. The predicted octanol–water partition coefficient (Wildman–Crippen LogP) is 2.47. The summed E-state index contributed by atoms with van der Waals surface area (Å²) in [6.07, 6.45) is 1.08. The third-order valence-corrected chi connectivity index (χ3v) is 5.35. The van der Waals surface area contributed by atoms with Crippen molar-refractivity contribution in [3.8, 4) is 5.75 Å². The second-order valence-electron chi connectivity index (χ2n) is 6.08. The summed E-state index contributed by atoms with van der Waals surface area (Å²) in [5.74, 6) is 0.144. The van der Waals surface area contributed by atoms with Crippen molar-refractivity contribution >= 4 is 21.6 Å². The lowest BCUT2D eigenvalue weighted by Crippen LogP contribution is -2.47. The minimum absolute atomic E-state index is 0.339. The number of rotatable bonds is 7. The van der Waals surface area contributed by atoms with E-state index >= 15 is 0 Å². The van der Waals surface area contributed by atoms with Gasteiger partial charge in [-0.3, -0.25) is 9.10 Å². The first-order chi connectivity index (χ1) is 12.2. The molecule has 0 fully saturated rings. The minimum atomic E-state index is -3.66. The summed E-state index contributed by atoms with van der Waals surface area (Å²) in [6, 6.07) is 13.4. The lowest BCUT2D eigenvalue weighted by atomic mass is 10.1. The molecule has 26 heavy (non-hydrogen) atoms. The number of carbonyl (C=O) groups excluding carboxylic acids is 1. The van der Waals surface area contributed by atoms with Crippen LogP contribution in [0.2, 0.25) is 0 Å². The van der Waals surface area contributed by atoms with Crippen LogP contribution in [0.25, 0.3) is 0 Å². The van der Waals surface area contributed by atoms with Crippen molar-refractivity contribution in [3.63, 3.8) is 0 Å². The summed E-state index contributed by atoms with van der Waals surface area (Å²) >= 11 is 0. The van der Waals surface area contributed by atoms with E-state index in [-0.39, 0.29) is 5.91 Å². The molecule has 1 N–H and O–H groups in total. The fourth-order valence-corrected chi connectivity index (χ4v) is 3.86. The molecule has 1 amide bonds. The van der Waals surface area contributed by atoms with Crippen molar-refractivity contribution in [1.29, 1.82) is 0 Å². The fraction of sp³-hybridized carbons (Fsp3) is 0.316. The number of carbonyl (C=O) groups is 1. The second kappa shape index (κ2) is 8.23. The van der Waals surface area contributed by atoms with Crippen LogP contribution in [-0.2, 0) is 21.4 Å². The van der Waals surface area contributed by atoms with Crippen LogP contribution in [0.4, 0.5) is 5.69 Å². The molecule has 0 spiro atoms. The summed E-state index contributed by atoms with van der Waals surface area (Å²) < 4.78 is 30.9. The van der Waals surface area contributed by atoms with Gasteiger partial charge in [0.2, 0.25) is 15.9 Å². The third-order valence-electron chi connectivity index (χ3n) is 4.11. The van der Waals surface area contributed by atoms with E-state index in [0.717, 1.165) is 21.7 Å². The Hall–Kier alpha value is -2.54. The molecule has 2 rings (SSSR count). The quantitative estimate of drug-likeness (QED) is 0.805. The number of methoxy groups -OCH3 is 1. The largest absolute Gasteiger partial charge is 0.497 e. The Kier molecular flexibility index (Phi) is 6.26. The van der Waals surface area contributed by atoms with E-state index in [2.05, 4.69) is 5.32 Å². The van der Waals surface area contributed by atoms with Crippen LogP contribution in [0, 0.1) is 6.92 Å². The van der Waals surface area contributed by atoms with E-state index < -0.39 is 16.1 Å². The molecule has 0 saturated heterocycles. The number of hydrogen-bond donors (Lipinski definition) is 1. The molecule has 0 heterocycles. The molecule has 0 aliphatic rings. The van der Waals surface area contributed by atoms with Gasteiger partial charge in [0.1, 0.15) is 11.8 Å². The third kappa shape index (κ3) is 4.76. The van der Waals surface area contributed by atoms with Gasteiger partial charge >= 0.3 is 0 Å². The van der Waals surface area contributed by atoms with Gasteiger partial charge in [0.25, 0.3) is 0 Å². The zero-order valence-electron chi connectivity index (χ0n) is 15.4. The number of nitrogens with zero attached hydrogens (tertiary/aromatic N) is 1. The lowest BCUT2D eigenvalue weighted by Gasteiger charge is -2.28. The molecule has 0 bridgehead atoms. The summed E-state index contributed by atoms with van der Waals surface area (Å²) in [6.45, 7) is 3.86. The van der Waals surface area contributed by atoms with Crippen LogP contribution in [0.5, 0.6) is 5.75 Å². The van der Waals surface area contributed by atoms with E-state index in [1.165, 1.54) is 7.11 Å². The maximum Gasteiger partial charge on any atom is 0.243 e. The van der Waals surface area contributed by atoms with Gasteiger partial charge in [-0.2, -0.15) is 0 Å². The molecule has 0 aliphatic carbocycles. The first kappa shape index (κ1) is 19.8. The van der Waals surface area contributed by atoms with E-state index in [9.17, 15) is 13.2 Å². The van der Waals surface area contributed by atoms with Crippen molar-refractivity contribution < 1.29 is 17.9 Å². The number of aryl methyl sites for hydroxylation is 1. The summed E-state index contributed by atoms with van der Waals surface area (Å²) in [5, 5.41) is 2.81. The standard InChI is InChI=1S/C19H24N2O4S/c1-14-8-5-6-9-16(14)13-20-19(22)15(2)21(26(4,23)24)17-10-7-11-18(12-17)25-3/h5-12,15H,13H2,1-4H3,(H,20,22)/t15-/m1/s1. The molecule has 2 aromatic rings. The molecule has 0 aromatic heterocycles. The molecule has 0 radical (unpaired) electrons. The van der Waals surface area contributed by atoms with Crippen LogP contribution in [0.3, 0.4) is 0 Å². The van der Waals surface area contributed by atoms with Crippen LogP contribution >= 0.6 is 0 Å². The molecule has 0 aliphatic heterocycles. The molecule has 140 valence electrons. The van der Waals surface area contributed by atoms with E-state index in [0.29, 0.717) is 18.0 Å². The average Bonchev–Trinajstić information content (AvgIpc) is 2.59. The molecule has 0 saturated carbocycles. The van der Waals surface area contributed by atoms with Crippen LogP contribution in [0.15, 0.2) is 48.5 Å². The number of nitrogens with one attached hydrogen (secondary N) is 1. The maximum absolute atomic E-state index is 12.6. The van der Waals surface area contributed by atoms with Crippen molar-refractivity contribution in [3.05, 3.63) is 59.7 Å².